The molecule has 1 atom stereocenters. The molecule has 2 aromatic rings. The smallest absolute Gasteiger partial charge is 0.240 e. The highest BCUT2D eigenvalue weighted by atomic mass is 32.2. The topological polar surface area (TPSA) is 58.6 Å². The van der Waals surface area contributed by atoms with Crippen LogP contribution in [0, 0.1) is 5.82 Å². The zero-order valence-electron chi connectivity index (χ0n) is 13.8. The van der Waals surface area contributed by atoms with Crippen molar-refractivity contribution in [3.8, 4) is 0 Å². The minimum Gasteiger partial charge on any atom is -0.379 e. The molecule has 0 aliphatic carbocycles. The summed E-state index contributed by atoms with van der Waals surface area (Å²) in [6.07, 6.45) is 0. The molecule has 0 bridgehead atoms. The van der Waals surface area contributed by atoms with Gasteiger partial charge in [0.1, 0.15) is 5.82 Å². The quantitative estimate of drug-likeness (QED) is 0.854. The summed E-state index contributed by atoms with van der Waals surface area (Å²) >= 11 is 0. The first-order chi connectivity index (χ1) is 12.1. The molecule has 0 unspecified atom stereocenters. The zero-order valence-corrected chi connectivity index (χ0v) is 14.6. The lowest BCUT2D eigenvalue weighted by molar-refractivity contribution is 0.0172. The predicted molar refractivity (Wildman–Crippen MR) is 93.2 cm³/mol. The van der Waals surface area contributed by atoms with E-state index in [-0.39, 0.29) is 17.5 Å². The van der Waals surface area contributed by atoms with Gasteiger partial charge in [-0.2, -0.15) is 0 Å². The van der Waals surface area contributed by atoms with E-state index in [0.717, 1.165) is 30.8 Å². The molecule has 1 aliphatic heterocycles. The predicted octanol–water partition coefficient (Wildman–Crippen LogP) is 2.18. The van der Waals surface area contributed by atoms with Gasteiger partial charge in [-0.05, 0) is 29.8 Å². The Kier molecular flexibility index (Phi) is 5.80. The highest BCUT2D eigenvalue weighted by Crippen LogP contribution is 2.22. The van der Waals surface area contributed by atoms with Crippen LogP contribution in [0.15, 0.2) is 59.5 Å². The van der Waals surface area contributed by atoms with E-state index in [2.05, 4.69) is 9.62 Å². The van der Waals surface area contributed by atoms with Crippen LogP contribution in [0.5, 0.6) is 0 Å². The van der Waals surface area contributed by atoms with Crippen molar-refractivity contribution in [3.05, 3.63) is 66.0 Å². The van der Waals surface area contributed by atoms with Crippen LogP contribution < -0.4 is 4.72 Å². The number of hydrogen-bond acceptors (Lipinski definition) is 4. The Morgan fingerprint density at radius 2 is 1.68 bits per heavy atom. The van der Waals surface area contributed by atoms with E-state index in [9.17, 15) is 12.8 Å². The van der Waals surface area contributed by atoms with Gasteiger partial charge in [0.15, 0.2) is 0 Å². The van der Waals surface area contributed by atoms with Crippen LogP contribution in [-0.4, -0.2) is 46.2 Å². The fourth-order valence-electron chi connectivity index (χ4n) is 2.91. The van der Waals surface area contributed by atoms with Crippen molar-refractivity contribution >= 4 is 10.0 Å². The van der Waals surface area contributed by atoms with Crippen LogP contribution in [0.25, 0.3) is 0 Å². The molecule has 25 heavy (non-hydrogen) atoms. The number of benzene rings is 2. The van der Waals surface area contributed by atoms with Crippen molar-refractivity contribution in [1.29, 1.82) is 0 Å². The second kappa shape index (κ2) is 8.05. The lowest BCUT2D eigenvalue weighted by Crippen LogP contribution is -2.43. The highest BCUT2D eigenvalue weighted by molar-refractivity contribution is 7.89. The van der Waals surface area contributed by atoms with Crippen molar-refractivity contribution < 1.29 is 17.5 Å². The monoisotopic (exact) mass is 364 g/mol. The summed E-state index contributed by atoms with van der Waals surface area (Å²) in [5, 5.41) is 0. The van der Waals surface area contributed by atoms with Crippen molar-refractivity contribution in [2.45, 2.75) is 10.9 Å². The van der Waals surface area contributed by atoms with Crippen molar-refractivity contribution in [2.24, 2.45) is 0 Å². The molecular formula is C18H21FN2O3S. The van der Waals surface area contributed by atoms with E-state index >= 15 is 0 Å². The molecule has 3 rings (SSSR count). The first-order valence-corrected chi connectivity index (χ1v) is 9.66. The summed E-state index contributed by atoms with van der Waals surface area (Å²) in [5.74, 6) is -0.463. The number of rotatable bonds is 6. The highest BCUT2D eigenvalue weighted by Gasteiger charge is 2.25. The summed E-state index contributed by atoms with van der Waals surface area (Å²) in [6.45, 7) is 3.00. The van der Waals surface area contributed by atoms with Crippen LogP contribution in [0.2, 0.25) is 0 Å². The van der Waals surface area contributed by atoms with E-state index in [0.29, 0.717) is 13.2 Å². The van der Waals surface area contributed by atoms with Crippen LogP contribution >= 0.6 is 0 Å². The van der Waals surface area contributed by atoms with Crippen LogP contribution in [-0.2, 0) is 14.8 Å². The standard InChI is InChI=1S/C18H21FN2O3S/c19-16-6-8-17(9-7-16)25(22,23)20-14-18(15-4-2-1-3-5-15)21-10-12-24-13-11-21/h1-9,18,20H,10-14H2/t18-/m0/s1. The van der Waals surface area contributed by atoms with Crippen molar-refractivity contribution in [3.63, 3.8) is 0 Å². The van der Waals surface area contributed by atoms with Gasteiger partial charge >= 0.3 is 0 Å². The third-order valence-electron chi connectivity index (χ3n) is 4.26. The van der Waals surface area contributed by atoms with Gasteiger partial charge in [-0.3, -0.25) is 4.90 Å². The zero-order chi connectivity index (χ0) is 17.7. The number of hydrogen-bond donors (Lipinski definition) is 1. The second-order valence-electron chi connectivity index (χ2n) is 5.88. The Bertz CT molecular complexity index is 776. The summed E-state index contributed by atoms with van der Waals surface area (Å²) < 4.78 is 46.0. The maximum Gasteiger partial charge on any atom is 0.240 e. The lowest BCUT2D eigenvalue weighted by Gasteiger charge is -2.34. The summed E-state index contributed by atoms with van der Waals surface area (Å²) in [6, 6.07) is 14.5. The van der Waals surface area contributed by atoms with Gasteiger partial charge in [0.2, 0.25) is 10.0 Å². The molecule has 0 amide bonds. The fourth-order valence-corrected chi connectivity index (χ4v) is 3.95. The van der Waals surface area contributed by atoms with Gasteiger partial charge in [-0.15, -0.1) is 0 Å². The molecule has 0 saturated carbocycles. The SMILES string of the molecule is O=S(=O)(NC[C@@H](c1ccccc1)N1CCOCC1)c1ccc(F)cc1. The first-order valence-electron chi connectivity index (χ1n) is 8.18. The molecule has 1 saturated heterocycles. The molecule has 134 valence electrons. The number of nitrogens with zero attached hydrogens (tertiary/aromatic N) is 1. The molecule has 1 aliphatic rings. The number of sulfonamides is 1. The molecule has 1 N–H and O–H groups in total. The normalized spacial score (nSPS) is 17.3. The minimum atomic E-state index is -3.69. The van der Waals surface area contributed by atoms with E-state index < -0.39 is 15.8 Å². The number of nitrogens with one attached hydrogen (secondary N) is 1. The van der Waals surface area contributed by atoms with E-state index in [4.69, 9.17) is 4.74 Å². The Labute approximate surface area is 147 Å². The molecule has 2 aromatic carbocycles. The average molecular weight is 364 g/mol. The van der Waals surface area contributed by atoms with Crippen LogP contribution in [0.4, 0.5) is 4.39 Å². The molecule has 5 nitrogen and oxygen atoms in total. The van der Waals surface area contributed by atoms with E-state index in [1.165, 1.54) is 12.1 Å². The van der Waals surface area contributed by atoms with Gasteiger partial charge in [-0.1, -0.05) is 30.3 Å². The van der Waals surface area contributed by atoms with Crippen LogP contribution in [0.3, 0.4) is 0 Å². The Morgan fingerprint density at radius 1 is 1.04 bits per heavy atom. The third kappa shape index (κ3) is 4.64. The fraction of sp³-hybridized carbons (Fsp3) is 0.333. The van der Waals surface area contributed by atoms with Crippen molar-refractivity contribution in [2.75, 3.05) is 32.8 Å². The first kappa shape index (κ1) is 18.0. The second-order valence-corrected chi connectivity index (χ2v) is 7.65. The minimum absolute atomic E-state index is 0.0580. The Balaban J connectivity index is 1.77. The molecule has 0 aromatic heterocycles. The van der Waals surface area contributed by atoms with Gasteiger partial charge in [-0.25, -0.2) is 17.5 Å². The van der Waals surface area contributed by atoms with Gasteiger partial charge in [0, 0.05) is 25.7 Å². The number of morpholine rings is 1. The van der Waals surface area contributed by atoms with Crippen LogP contribution in [0.1, 0.15) is 11.6 Å². The summed E-state index contributed by atoms with van der Waals surface area (Å²) in [7, 11) is -3.69. The largest absolute Gasteiger partial charge is 0.379 e. The summed E-state index contributed by atoms with van der Waals surface area (Å²) in [4.78, 5) is 2.27. The van der Waals surface area contributed by atoms with Crippen molar-refractivity contribution in [1.82, 2.24) is 9.62 Å². The molecule has 0 radical (unpaired) electrons. The average Bonchev–Trinajstić information content (AvgIpc) is 2.64. The third-order valence-corrected chi connectivity index (χ3v) is 5.70. The molecule has 1 fully saturated rings. The number of ether oxygens (including phenoxy) is 1. The van der Waals surface area contributed by atoms with Gasteiger partial charge in [0.05, 0.1) is 18.1 Å². The number of halogens is 1. The lowest BCUT2D eigenvalue weighted by atomic mass is 10.1. The Hall–Kier alpha value is -1.80. The summed E-state index contributed by atoms with van der Waals surface area (Å²) in [5.41, 5.74) is 1.05. The van der Waals surface area contributed by atoms with Gasteiger partial charge in [0.25, 0.3) is 0 Å². The molecular weight excluding hydrogens is 343 g/mol. The van der Waals surface area contributed by atoms with E-state index in [1.54, 1.807) is 0 Å². The molecule has 7 heteroatoms. The molecule has 1 heterocycles. The van der Waals surface area contributed by atoms with E-state index in [1.807, 2.05) is 30.3 Å². The molecule has 0 spiro atoms. The van der Waals surface area contributed by atoms with Gasteiger partial charge < -0.3 is 4.74 Å². The Morgan fingerprint density at radius 3 is 2.32 bits per heavy atom. The maximum atomic E-state index is 13.0. The maximum absolute atomic E-state index is 13.0.